The Morgan fingerprint density at radius 2 is 2.12 bits per heavy atom. The third-order valence-electron chi connectivity index (χ3n) is 3.80. The third-order valence-corrected chi connectivity index (χ3v) is 4.39. The van der Waals surface area contributed by atoms with Crippen molar-refractivity contribution < 1.29 is 14.3 Å². The van der Waals surface area contributed by atoms with Crippen LogP contribution in [0, 0.1) is 17.2 Å². The Morgan fingerprint density at radius 3 is 2.71 bits per heavy atom. The van der Waals surface area contributed by atoms with E-state index < -0.39 is 0 Å². The van der Waals surface area contributed by atoms with E-state index in [9.17, 15) is 4.79 Å². The number of halogens is 1. The number of ether oxygens (including phenoxy) is 2. The molecule has 1 aliphatic carbocycles. The van der Waals surface area contributed by atoms with E-state index in [4.69, 9.17) is 14.7 Å². The van der Waals surface area contributed by atoms with Crippen LogP contribution in [0.4, 0.5) is 0 Å². The lowest BCUT2D eigenvalue weighted by Crippen LogP contribution is -2.37. The van der Waals surface area contributed by atoms with Crippen LogP contribution in [-0.2, 0) is 4.79 Å². The highest BCUT2D eigenvalue weighted by Crippen LogP contribution is 2.37. The Balaban J connectivity index is 2.06. The zero-order valence-corrected chi connectivity index (χ0v) is 15.8. The largest absolute Gasteiger partial charge is 0.490 e. The highest BCUT2D eigenvalue weighted by atomic mass is 79.9. The SMILES string of the molecule is CCCN(CC1CC1)C(=O)COc1c(Br)cc(C#N)cc1OCC. The molecule has 0 N–H and O–H groups in total. The second kappa shape index (κ2) is 8.93. The number of hydrogen-bond acceptors (Lipinski definition) is 4. The Bertz CT molecular complexity index is 623. The van der Waals surface area contributed by atoms with Gasteiger partial charge in [-0.15, -0.1) is 0 Å². The van der Waals surface area contributed by atoms with Crippen molar-refractivity contribution in [1.29, 1.82) is 5.26 Å². The van der Waals surface area contributed by atoms with Crippen molar-refractivity contribution in [2.24, 2.45) is 5.92 Å². The van der Waals surface area contributed by atoms with Crippen LogP contribution in [0.15, 0.2) is 16.6 Å². The van der Waals surface area contributed by atoms with Crippen LogP contribution in [0.25, 0.3) is 0 Å². The summed E-state index contributed by atoms with van der Waals surface area (Å²) < 4.78 is 11.9. The molecule has 1 fully saturated rings. The average molecular weight is 395 g/mol. The molecule has 0 unspecified atom stereocenters. The molecule has 6 heteroatoms. The Labute approximate surface area is 151 Å². The fourth-order valence-electron chi connectivity index (χ4n) is 2.46. The van der Waals surface area contributed by atoms with Crippen LogP contribution < -0.4 is 9.47 Å². The molecule has 0 radical (unpaired) electrons. The van der Waals surface area contributed by atoms with Gasteiger partial charge in [0.1, 0.15) is 0 Å². The summed E-state index contributed by atoms with van der Waals surface area (Å²) in [6.45, 7) is 5.93. The fourth-order valence-corrected chi connectivity index (χ4v) is 3.02. The molecule has 130 valence electrons. The molecule has 1 aromatic carbocycles. The molecule has 5 nitrogen and oxygen atoms in total. The van der Waals surface area contributed by atoms with Gasteiger partial charge in [0, 0.05) is 19.2 Å². The van der Waals surface area contributed by atoms with E-state index in [-0.39, 0.29) is 12.5 Å². The number of carbonyl (C=O) groups excluding carboxylic acids is 1. The van der Waals surface area contributed by atoms with Crippen LogP contribution in [-0.4, -0.2) is 37.1 Å². The second-order valence-electron chi connectivity index (χ2n) is 5.90. The first-order valence-corrected chi connectivity index (χ1v) is 9.15. The monoisotopic (exact) mass is 394 g/mol. The van der Waals surface area contributed by atoms with E-state index in [2.05, 4.69) is 28.9 Å². The number of carbonyl (C=O) groups is 1. The standard InChI is InChI=1S/C18H23BrN2O3/c1-3-7-21(11-13-5-6-13)17(22)12-24-18-15(19)8-14(10-20)9-16(18)23-4-2/h8-9,13H,3-7,11-12H2,1-2H3. The highest BCUT2D eigenvalue weighted by Gasteiger charge is 2.26. The lowest BCUT2D eigenvalue weighted by atomic mass is 10.2. The maximum absolute atomic E-state index is 12.5. The van der Waals surface area contributed by atoms with Crippen molar-refractivity contribution in [2.45, 2.75) is 33.1 Å². The quantitative estimate of drug-likeness (QED) is 0.639. The average Bonchev–Trinajstić information content (AvgIpc) is 3.37. The predicted molar refractivity (Wildman–Crippen MR) is 95.1 cm³/mol. The molecule has 0 spiro atoms. The number of nitrogens with zero attached hydrogens (tertiary/aromatic N) is 2. The minimum Gasteiger partial charge on any atom is -0.490 e. The molecule has 1 aliphatic rings. The van der Waals surface area contributed by atoms with E-state index in [1.54, 1.807) is 12.1 Å². The van der Waals surface area contributed by atoms with Gasteiger partial charge in [0.25, 0.3) is 5.91 Å². The summed E-state index contributed by atoms with van der Waals surface area (Å²) in [7, 11) is 0. The molecule has 0 saturated heterocycles. The van der Waals surface area contributed by atoms with Crippen LogP contribution in [0.5, 0.6) is 11.5 Å². The first-order chi connectivity index (χ1) is 11.6. The summed E-state index contributed by atoms with van der Waals surface area (Å²) >= 11 is 3.40. The van der Waals surface area contributed by atoms with Crippen molar-refractivity contribution >= 4 is 21.8 Å². The summed E-state index contributed by atoms with van der Waals surface area (Å²) in [5, 5.41) is 9.06. The topological polar surface area (TPSA) is 62.6 Å². The summed E-state index contributed by atoms with van der Waals surface area (Å²) in [5.41, 5.74) is 0.477. The smallest absolute Gasteiger partial charge is 0.260 e. The zero-order valence-electron chi connectivity index (χ0n) is 14.2. The van der Waals surface area contributed by atoms with Crippen molar-refractivity contribution in [1.82, 2.24) is 4.90 Å². The normalized spacial score (nSPS) is 13.2. The number of nitriles is 1. The molecular weight excluding hydrogens is 372 g/mol. The molecule has 24 heavy (non-hydrogen) atoms. The second-order valence-corrected chi connectivity index (χ2v) is 6.76. The zero-order chi connectivity index (χ0) is 17.5. The van der Waals surface area contributed by atoms with Crippen LogP contribution in [0.2, 0.25) is 0 Å². The van der Waals surface area contributed by atoms with Crippen LogP contribution in [0.1, 0.15) is 38.7 Å². The molecule has 0 aromatic heterocycles. The van der Waals surface area contributed by atoms with Gasteiger partial charge in [-0.05, 0) is 54.1 Å². The lowest BCUT2D eigenvalue weighted by molar-refractivity contribution is -0.133. The maximum atomic E-state index is 12.5. The minimum absolute atomic E-state index is 0.0116. The third kappa shape index (κ3) is 5.13. The fraction of sp³-hybridized carbons (Fsp3) is 0.556. The van der Waals surface area contributed by atoms with Gasteiger partial charge in [-0.25, -0.2) is 0 Å². The van der Waals surface area contributed by atoms with Gasteiger partial charge >= 0.3 is 0 Å². The van der Waals surface area contributed by atoms with Gasteiger partial charge in [0.15, 0.2) is 18.1 Å². The first kappa shape index (κ1) is 18.6. The number of benzene rings is 1. The van der Waals surface area contributed by atoms with Gasteiger partial charge in [-0.2, -0.15) is 5.26 Å². The van der Waals surface area contributed by atoms with Crippen molar-refractivity contribution in [3.63, 3.8) is 0 Å². The first-order valence-electron chi connectivity index (χ1n) is 8.36. The van der Waals surface area contributed by atoms with Crippen LogP contribution in [0.3, 0.4) is 0 Å². The summed E-state index contributed by atoms with van der Waals surface area (Å²) in [6.07, 6.45) is 3.36. The van der Waals surface area contributed by atoms with E-state index >= 15 is 0 Å². The minimum atomic E-state index is -0.0305. The molecule has 0 heterocycles. The van der Waals surface area contributed by atoms with E-state index in [0.717, 1.165) is 19.5 Å². The van der Waals surface area contributed by atoms with Crippen molar-refractivity contribution in [2.75, 3.05) is 26.3 Å². The van der Waals surface area contributed by atoms with Crippen LogP contribution >= 0.6 is 15.9 Å². The highest BCUT2D eigenvalue weighted by molar-refractivity contribution is 9.10. The van der Waals surface area contributed by atoms with E-state index in [1.807, 2.05) is 11.8 Å². The van der Waals surface area contributed by atoms with Crippen molar-refractivity contribution in [3.05, 3.63) is 22.2 Å². The molecule has 0 atom stereocenters. The molecule has 1 amide bonds. The van der Waals surface area contributed by atoms with Crippen molar-refractivity contribution in [3.8, 4) is 17.6 Å². The Hall–Kier alpha value is -1.74. The van der Waals surface area contributed by atoms with E-state index in [0.29, 0.717) is 34.1 Å². The predicted octanol–water partition coefficient (Wildman–Crippen LogP) is 3.75. The van der Waals surface area contributed by atoms with E-state index in [1.165, 1.54) is 12.8 Å². The molecule has 1 saturated carbocycles. The van der Waals surface area contributed by atoms with Gasteiger partial charge in [-0.1, -0.05) is 6.92 Å². The molecule has 2 rings (SSSR count). The molecular formula is C18H23BrN2O3. The van der Waals surface area contributed by atoms with Gasteiger partial charge < -0.3 is 14.4 Å². The van der Waals surface area contributed by atoms with Gasteiger partial charge in [0.2, 0.25) is 0 Å². The maximum Gasteiger partial charge on any atom is 0.260 e. The summed E-state index contributed by atoms with van der Waals surface area (Å²) in [6, 6.07) is 5.37. The summed E-state index contributed by atoms with van der Waals surface area (Å²) in [5.74, 6) is 1.58. The number of rotatable bonds is 9. The number of hydrogen-bond donors (Lipinski definition) is 0. The Kier molecular flexibility index (Phi) is 6.92. The lowest BCUT2D eigenvalue weighted by Gasteiger charge is -2.22. The molecule has 1 aromatic rings. The molecule has 0 bridgehead atoms. The Morgan fingerprint density at radius 1 is 1.38 bits per heavy atom. The summed E-state index contributed by atoms with van der Waals surface area (Å²) in [4.78, 5) is 14.4. The van der Waals surface area contributed by atoms with Gasteiger partial charge in [-0.3, -0.25) is 4.79 Å². The van der Waals surface area contributed by atoms with Gasteiger partial charge in [0.05, 0.1) is 22.7 Å². The molecule has 0 aliphatic heterocycles. The number of amides is 1.